The van der Waals surface area contributed by atoms with Crippen LogP contribution in [0.3, 0.4) is 0 Å². The van der Waals surface area contributed by atoms with Crippen molar-refractivity contribution in [2.45, 2.75) is 18.9 Å². The number of amides is 1. The zero-order valence-electron chi connectivity index (χ0n) is 19.9. The number of nitrogens with zero attached hydrogens (tertiary/aromatic N) is 3. The van der Waals surface area contributed by atoms with Gasteiger partial charge in [-0.15, -0.1) is 6.58 Å². The molecule has 2 aliphatic heterocycles. The second-order valence-corrected chi connectivity index (χ2v) is 8.58. The van der Waals surface area contributed by atoms with E-state index in [2.05, 4.69) is 11.6 Å². The van der Waals surface area contributed by atoms with Crippen LogP contribution in [0.15, 0.2) is 83.8 Å². The normalized spacial score (nSPS) is 18.1. The fourth-order valence-corrected chi connectivity index (χ4v) is 5.12. The van der Waals surface area contributed by atoms with Crippen LogP contribution < -0.4 is 20.9 Å². The number of carbonyl (C=O) groups excluding carboxylic acids is 2. The van der Waals surface area contributed by atoms with Gasteiger partial charge in [-0.05, 0) is 24.6 Å². The molecule has 2 aliphatic rings. The van der Waals surface area contributed by atoms with Crippen LogP contribution in [-0.4, -0.2) is 35.1 Å². The molecule has 0 saturated carbocycles. The second kappa shape index (κ2) is 8.53. The molecule has 9 heteroatoms. The average Bonchev–Trinajstić information content (AvgIpc) is 3.10. The molecule has 1 atom stereocenters. The van der Waals surface area contributed by atoms with E-state index in [1.165, 1.54) is 16.6 Å². The molecule has 0 saturated heterocycles. The number of nitrogens with two attached hydrogens (primary N) is 1. The van der Waals surface area contributed by atoms with Crippen LogP contribution in [0.1, 0.15) is 22.4 Å². The molecule has 4 heterocycles. The number of ether oxygens (including phenoxy) is 2. The van der Waals surface area contributed by atoms with Gasteiger partial charge in [-0.1, -0.05) is 30.3 Å². The van der Waals surface area contributed by atoms with Crippen molar-refractivity contribution in [3.63, 3.8) is 0 Å². The van der Waals surface area contributed by atoms with Gasteiger partial charge in [-0.2, -0.15) is 0 Å². The summed E-state index contributed by atoms with van der Waals surface area (Å²) in [6.45, 7) is 5.90. The van der Waals surface area contributed by atoms with Crippen molar-refractivity contribution < 1.29 is 19.1 Å². The minimum Gasteiger partial charge on any atom is -0.465 e. The van der Waals surface area contributed by atoms with Crippen molar-refractivity contribution in [1.29, 1.82) is 0 Å². The monoisotopic (exact) mass is 484 g/mol. The van der Waals surface area contributed by atoms with Crippen molar-refractivity contribution >= 4 is 17.6 Å². The van der Waals surface area contributed by atoms with Gasteiger partial charge in [0.2, 0.25) is 11.8 Å². The summed E-state index contributed by atoms with van der Waals surface area (Å²) in [7, 11) is 1.19. The Morgan fingerprint density at radius 3 is 2.72 bits per heavy atom. The number of anilines is 1. The van der Waals surface area contributed by atoms with E-state index in [4.69, 9.17) is 15.2 Å². The van der Waals surface area contributed by atoms with E-state index in [0.717, 1.165) is 5.56 Å². The zero-order chi connectivity index (χ0) is 25.6. The molecule has 2 aromatic heterocycles. The second-order valence-electron chi connectivity index (χ2n) is 8.58. The Morgan fingerprint density at radius 1 is 1.25 bits per heavy atom. The van der Waals surface area contributed by atoms with Crippen LogP contribution in [0.4, 0.5) is 5.69 Å². The Balaban J connectivity index is 1.88. The molecular formula is C27H24N4O5. The molecule has 5 rings (SSSR count). The maximum absolute atomic E-state index is 14.3. The standard InChI is InChI=1S/C27H24N4O5/c1-4-12-30-19-10-6-5-9-18(19)27(26(30)34)21-20(36-23(28)22(27)25(33)35-3)13-16(2)31(24(21)32)15-17-8-7-11-29-14-17/h4-11,13-14H,1,12,15,28H2,2-3H3/t27-/m1/s1. The summed E-state index contributed by atoms with van der Waals surface area (Å²) >= 11 is 0. The molecule has 0 aliphatic carbocycles. The molecule has 1 spiro atoms. The summed E-state index contributed by atoms with van der Waals surface area (Å²) in [5, 5.41) is 0. The fourth-order valence-electron chi connectivity index (χ4n) is 5.12. The van der Waals surface area contributed by atoms with E-state index in [0.29, 0.717) is 16.9 Å². The van der Waals surface area contributed by atoms with Gasteiger partial charge in [0.1, 0.15) is 16.7 Å². The molecule has 0 unspecified atom stereocenters. The van der Waals surface area contributed by atoms with Crippen molar-refractivity contribution in [2.24, 2.45) is 5.73 Å². The van der Waals surface area contributed by atoms with Gasteiger partial charge in [0.05, 0.1) is 19.2 Å². The summed E-state index contributed by atoms with van der Waals surface area (Å²) in [5.41, 5.74) is 6.10. The summed E-state index contributed by atoms with van der Waals surface area (Å²) in [6.07, 6.45) is 4.89. The first-order valence-corrected chi connectivity index (χ1v) is 11.3. The van der Waals surface area contributed by atoms with Crippen molar-refractivity contribution in [3.8, 4) is 5.75 Å². The van der Waals surface area contributed by atoms with Crippen LogP contribution in [0.5, 0.6) is 5.75 Å². The Labute approximate surface area is 207 Å². The van der Waals surface area contributed by atoms with Gasteiger partial charge in [0.15, 0.2) is 0 Å². The maximum Gasteiger partial charge on any atom is 0.340 e. The minimum atomic E-state index is -1.86. The number of hydrogen-bond acceptors (Lipinski definition) is 7. The Morgan fingerprint density at radius 2 is 2.03 bits per heavy atom. The van der Waals surface area contributed by atoms with Crippen molar-refractivity contribution in [2.75, 3.05) is 18.6 Å². The third-order valence-electron chi connectivity index (χ3n) is 6.62. The number of aromatic nitrogens is 2. The van der Waals surface area contributed by atoms with Crippen LogP contribution in [0.2, 0.25) is 0 Å². The maximum atomic E-state index is 14.3. The van der Waals surface area contributed by atoms with E-state index in [-0.39, 0.29) is 35.9 Å². The molecule has 0 bridgehead atoms. The third-order valence-corrected chi connectivity index (χ3v) is 6.62. The molecule has 1 amide bonds. The van der Waals surface area contributed by atoms with E-state index in [9.17, 15) is 14.4 Å². The summed E-state index contributed by atoms with van der Waals surface area (Å²) in [6, 6.07) is 12.3. The number of carbonyl (C=O) groups is 2. The number of methoxy groups -OCH3 is 1. The number of aryl methyl sites for hydroxylation is 1. The van der Waals surface area contributed by atoms with Crippen molar-refractivity contribution in [1.82, 2.24) is 9.55 Å². The molecule has 2 N–H and O–H groups in total. The predicted molar refractivity (Wildman–Crippen MR) is 132 cm³/mol. The number of para-hydroxylation sites is 1. The molecule has 36 heavy (non-hydrogen) atoms. The van der Waals surface area contributed by atoms with Gasteiger partial charge < -0.3 is 24.7 Å². The number of benzene rings is 1. The van der Waals surface area contributed by atoms with Gasteiger partial charge >= 0.3 is 5.97 Å². The van der Waals surface area contributed by atoms with Crippen LogP contribution >= 0.6 is 0 Å². The topological polar surface area (TPSA) is 117 Å². The first kappa shape index (κ1) is 23.1. The van der Waals surface area contributed by atoms with Gasteiger partial charge in [-0.3, -0.25) is 14.6 Å². The first-order chi connectivity index (χ1) is 17.4. The molecule has 0 radical (unpaired) electrons. The lowest BCUT2D eigenvalue weighted by atomic mass is 9.68. The Kier molecular flexibility index (Phi) is 5.47. The van der Waals surface area contributed by atoms with E-state index >= 15 is 0 Å². The highest BCUT2D eigenvalue weighted by molar-refractivity contribution is 6.18. The highest BCUT2D eigenvalue weighted by atomic mass is 16.5. The third kappa shape index (κ3) is 3.09. The lowest BCUT2D eigenvalue weighted by Gasteiger charge is -2.35. The number of esters is 1. The van der Waals surface area contributed by atoms with Crippen LogP contribution in [0.25, 0.3) is 0 Å². The van der Waals surface area contributed by atoms with E-state index in [1.807, 2.05) is 6.07 Å². The molecule has 3 aromatic rings. The summed E-state index contributed by atoms with van der Waals surface area (Å²) in [4.78, 5) is 47.4. The van der Waals surface area contributed by atoms with Gasteiger partial charge in [-0.25, -0.2) is 4.79 Å². The Bertz CT molecular complexity index is 1510. The average molecular weight is 485 g/mol. The minimum absolute atomic E-state index is 0.00982. The quantitative estimate of drug-likeness (QED) is 0.436. The van der Waals surface area contributed by atoms with Crippen molar-refractivity contribution in [3.05, 3.63) is 112 Å². The van der Waals surface area contributed by atoms with Crippen LogP contribution in [-0.2, 0) is 26.3 Å². The molecule has 0 fully saturated rings. The number of fused-ring (bicyclic) bond motifs is 4. The number of pyridine rings is 2. The lowest BCUT2D eigenvalue weighted by molar-refractivity contribution is -0.138. The zero-order valence-corrected chi connectivity index (χ0v) is 19.9. The SMILES string of the molecule is C=CCN1C(=O)[C@]2(C(C(=O)OC)=C(N)Oc3cc(C)n(Cc4cccnc4)c(=O)c32)c2ccccc21. The predicted octanol–water partition coefficient (Wildman–Crippen LogP) is 2.15. The van der Waals surface area contributed by atoms with Gasteiger partial charge in [0, 0.05) is 41.9 Å². The van der Waals surface area contributed by atoms with Crippen LogP contribution in [0, 0.1) is 6.92 Å². The summed E-state index contributed by atoms with van der Waals surface area (Å²) in [5.74, 6) is -1.54. The highest BCUT2D eigenvalue weighted by Gasteiger charge is 2.62. The van der Waals surface area contributed by atoms with E-state index in [1.54, 1.807) is 61.8 Å². The van der Waals surface area contributed by atoms with E-state index < -0.39 is 22.9 Å². The number of hydrogen-bond donors (Lipinski definition) is 1. The molecule has 9 nitrogen and oxygen atoms in total. The fraction of sp³-hybridized carbons (Fsp3) is 0.185. The molecule has 182 valence electrons. The Hall–Kier alpha value is -4.66. The summed E-state index contributed by atoms with van der Waals surface area (Å²) < 4.78 is 12.4. The smallest absolute Gasteiger partial charge is 0.340 e. The molecular weight excluding hydrogens is 460 g/mol. The number of rotatable bonds is 5. The lowest BCUT2D eigenvalue weighted by Crippen LogP contribution is -2.52. The van der Waals surface area contributed by atoms with Gasteiger partial charge in [0.25, 0.3) is 5.56 Å². The first-order valence-electron chi connectivity index (χ1n) is 11.3. The molecule has 1 aromatic carbocycles. The highest BCUT2D eigenvalue weighted by Crippen LogP contribution is 2.54. The largest absolute Gasteiger partial charge is 0.465 e.